The van der Waals surface area contributed by atoms with Gasteiger partial charge in [-0.1, -0.05) is 12.8 Å². The quantitative estimate of drug-likeness (QED) is 0.638. The van der Waals surface area contributed by atoms with Crippen LogP contribution in [0.5, 0.6) is 0 Å². The van der Waals surface area contributed by atoms with Gasteiger partial charge in [-0.25, -0.2) is 4.98 Å². The molecule has 0 radical (unpaired) electrons. The highest BCUT2D eigenvalue weighted by molar-refractivity contribution is 5.94. The maximum absolute atomic E-state index is 13.4. The summed E-state index contributed by atoms with van der Waals surface area (Å²) in [4.78, 5) is 31.0. The van der Waals surface area contributed by atoms with Gasteiger partial charge in [0.15, 0.2) is 0 Å². The Labute approximate surface area is 199 Å². The van der Waals surface area contributed by atoms with Crippen molar-refractivity contribution in [2.24, 2.45) is 11.8 Å². The smallest absolute Gasteiger partial charge is 0.344 e. The van der Waals surface area contributed by atoms with E-state index in [1.807, 2.05) is 6.20 Å². The summed E-state index contributed by atoms with van der Waals surface area (Å²) < 4.78 is 31.8. The summed E-state index contributed by atoms with van der Waals surface area (Å²) in [5, 5.41) is 6.25. The lowest BCUT2D eigenvalue weighted by Crippen LogP contribution is -2.52. The summed E-state index contributed by atoms with van der Waals surface area (Å²) in [6, 6.07) is 0.315. The molecule has 2 N–H and O–H groups in total. The molecule has 34 heavy (non-hydrogen) atoms. The predicted octanol–water partition coefficient (Wildman–Crippen LogP) is 4.32. The molecule has 5 rings (SSSR count). The molecule has 3 unspecified atom stereocenters. The number of hydrogen-bond donors (Lipinski definition) is 2. The monoisotopic (exact) mass is 478 g/mol. The molecule has 1 aromatic heterocycles. The zero-order valence-electron chi connectivity index (χ0n) is 19.9. The first-order valence-electron chi connectivity index (χ1n) is 13.0. The molecule has 0 spiro atoms. The molecule has 0 aromatic carbocycles. The number of ether oxygens (including phenoxy) is 1. The number of amides is 2. The van der Waals surface area contributed by atoms with E-state index in [0.29, 0.717) is 50.5 Å². The van der Waals surface area contributed by atoms with E-state index >= 15 is 0 Å². The summed E-state index contributed by atoms with van der Waals surface area (Å²) in [6.45, 7) is -0.683. The van der Waals surface area contributed by atoms with Crippen LogP contribution >= 0.6 is 0 Å². The topological polar surface area (TPSA) is 85.3 Å². The highest BCUT2D eigenvalue weighted by Crippen LogP contribution is 2.44. The number of alkyl halides is 2. The molecule has 2 heterocycles. The Bertz CT molecular complexity index is 908. The Hall–Kier alpha value is -2.03. The van der Waals surface area contributed by atoms with Crippen LogP contribution in [0.2, 0.25) is 0 Å². The van der Waals surface area contributed by atoms with Crippen LogP contribution in [0, 0.1) is 18.8 Å². The van der Waals surface area contributed by atoms with E-state index in [1.165, 1.54) is 25.7 Å². The molecule has 0 bridgehead atoms. The van der Waals surface area contributed by atoms with E-state index in [-0.39, 0.29) is 23.8 Å². The van der Waals surface area contributed by atoms with E-state index in [0.717, 1.165) is 24.4 Å². The lowest BCUT2D eigenvalue weighted by Gasteiger charge is -2.32. The number of rotatable bonds is 6. The molecular weight excluding hydrogens is 442 g/mol. The number of hydrogen-bond acceptors (Lipinski definition) is 4. The number of halogens is 2. The standard InChI is InChI=1S/C25H36F2N4O3/c1-15-14-28-21-19(11-8-16-4-2-3-5-20(16)31(15)21)29-23(33)25(12-13-25)30-22(32)17-6-9-18(10-7-17)34-24(26)27/h14,16-20,24H,2-13H2,1H3,(H,29,33)(H,30,32). The summed E-state index contributed by atoms with van der Waals surface area (Å²) in [5.74, 6) is 1.04. The molecule has 3 aliphatic carbocycles. The van der Waals surface area contributed by atoms with E-state index < -0.39 is 18.3 Å². The number of carbonyl (C=O) groups excluding carboxylic acids is 2. The van der Waals surface area contributed by atoms with Gasteiger partial charge in [-0.05, 0) is 77.0 Å². The molecule has 188 valence electrons. The fourth-order valence-corrected chi connectivity index (χ4v) is 6.44. The van der Waals surface area contributed by atoms with Gasteiger partial charge in [0.2, 0.25) is 11.8 Å². The average Bonchev–Trinajstić information content (AvgIpc) is 3.53. The zero-order valence-corrected chi connectivity index (χ0v) is 19.9. The Kier molecular flexibility index (Phi) is 6.66. The lowest BCUT2D eigenvalue weighted by atomic mass is 9.82. The van der Waals surface area contributed by atoms with Crippen molar-refractivity contribution >= 4 is 11.8 Å². The molecule has 3 saturated carbocycles. The van der Waals surface area contributed by atoms with Crippen LogP contribution < -0.4 is 10.6 Å². The predicted molar refractivity (Wildman–Crippen MR) is 121 cm³/mol. The van der Waals surface area contributed by atoms with Crippen LogP contribution in [-0.4, -0.2) is 39.6 Å². The van der Waals surface area contributed by atoms with Gasteiger partial charge in [0.05, 0.1) is 12.1 Å². The summed E-state index contributed by atoms with van der Waals surface area (Å²) >= 11 is 0. The maximum atomic E-state index is 13.4. The van der Waals surface area contributed by atoms with Gasteiger partial charge >= 0.3 is 6.61 Å². The fourth-order valence-electron chi connectivity index (χ4n) is 6.44. The van der Waals surface area contributed by atoms with Crippen molar-refractivity contribution in [1.82, 2.24) is 20.2 Å². The van der Waals surface area contributed by atoms with Crippen molar-refractivity contribution in [1.29, 1.82) is 0 Å². The van der Waals surface area contributed by atoms with Gasteiger partial charge in [0.1, 0.15) is 11.4 Å². The Balaban J connectivity index is 1.22. The van der Waals surface area contributed by atoms with Crippen molar-refractivity contribution in [2.45, 2.75) is 114 Å². The average molecular weight is 479 g/mol. The molecule has 3 fully saturated rings. The molecule has 1 aromatic rings. The number of carbonyl (C=O) groups is 2. The zero-order chi connectivity index (χ0) is 23.9. The Morgan fingerprint density at radius 1 is 1.09 bits per heavy atom. The highest BCUT2D eigenvalue weighted by Gasteiger charge is 2.52. The van der Waals surface area contributed by atoms with Gasteiger partial charge in [-0.15, -0.1) is 0 Å². The summed E-state index contributed by atoms with van der Waals surface area (Å²) in [5.41, 5.74) is 0.299. The SMILES string of the molecule is Cc1cnc2n1C1CCCCC1CCC2NC(=O)C1(NC(=O)C2CCC(OC(F)F)CC2)CC1. The number of nitrogens with zero attached hydrogens (tertiary/aromatic N) is 2. The lowest BCUT2D eigenvalue weighted by molar-refractivity contribution is -0.172. The van der Waals surface area contributed by atoms with Gasteiger partial charge in [-0.2, -0.15) is 8.78 Å². The Morgan fingerprint density at radius 3 is 2.53 bits per heavy atom. The number of imidazole rings is 1. The molecule has 3 atom stereocenters. The number of fused-ring (bicyclic) bond motifs is 3. The summed E-state index contributed by atoms with van der Waals surface area (Å²) in [7, 11) is 0. The van der Waals surface area contributed by atoms with Crippen molar-refractivity contribution in [2.75, 3.05) is 0 Å². The molecule has 4 aliphatic rings. The van der Waals surface area contributed by atoms with Gasteiger partial charge in [-0.3, -0.25) is 9.59 Å². The number of nitrogens with one attached hydrogen (secondary N) is 2. The van der Waals surface area contributed by atoms with Gasteiger partial charge in [0, 0.05) is 23.9 Å². The molecule has 7 nitrogen and oxygen atoms in total. The number of aromatic nitrogens is 2. The minimum Gasteiger partial charge on any atom is -0.344 e. The van der Waals surface area contributed by atoms with Crippen molar-refractivity contribution < 1.29 is 23.1 Å². The van der Waals surface area contributed by atoms with E-state index in [2.05, 4.69) is 26.9 Å². The van der Waals surface area contributed by atoms with E-state index in [9.17, 15) is 18.4 Å². The minimum absolute atomic E-state index is 0.127. The van der Waals surface area contributed by atoms with Crippen molar-refractivity contribution in [3.63, 3.8) is 0 Å². The third-order valence-electron chi connectivity index (χ3n) is 8.54. The largest absolute Gasteiger partial charge is 0.345 e. The Morgan fingerprint density at radius 2 is 1.82 bits per heavy atom. The number of aryl methyl sites for hydroxylation is 1. The summed E-state index contributed by atoms with van der Waals surface area (Å²) in [6.07, 6.45) is 11.4. The molecule has 1 aliphatic heterocycles. The molecule has 0 saturated heterocycles. The van der Waals surface area contributed by atoms with Crippen molar-refractivity contribution in [3.8, 4) is 0 Å². The van der Waals surface area contributed by atoms with Gasteiger partial charge < -0.3 is 19.9 Å². The van der Waals surface area contributed by atoms with Crippen LogP contribution in [0.1, 0.15) is 101 Å². The van der Waals surface area contributed by atoms with Crippen LogP contribution in [0.3, 0.4) is 0 Å². The second kappa shape index (κ2) is 9.55. The van der Waals surface area contributed by atoms with E-state index in [4.69, 9.17) is 4.98 Å². The van der Waals surface area contributed by atoms with Gasteiger partial charge in [0.25, 0.3) is 0 Å². The fraction of sp³-hybridized carbons (Fsp3) is 0.800. The van der Waals surface area contributed by atoms with E-state index in [1.54, 1.807) is 0 Å². The van der Waals surface area contributed by atoms with Crippen LogP contribution in [-0.2, 0) is 14.3 Å². The molecule has 2 amide bonds. The third-order valence-corrected chi connectivity index (χ3v) is 8.54. The highest BCUT2D eigenvalue weighted by atomic mass is 19.3. The first-order chi connectivity index (χ1) is 16.4. The van der Waals surface area contributed by atoms with Crippen molar-refractivity contribution in [3.05, 3.63) is 17.7 Å². The first-order valence-corrected chi connectivity index (χ1v) is 13.0. The van der Waals surface area contributed by atoms with Crippen LogP contribution in [0.4, 0.5) is 8.78 Å². The maximum Gasteiger partial charge on any atom is 0.345 e. The molecule has 9 heteroatoms. The third kappa shape index (κ3) is 4.72. The second-order valence-corrected chi connectivity index (χ2v) is 10.8. The second-order valence-electron chi connectivity index (χ2n) is 10.8. The normalized spacial score (nSPS) is 32.3. The minimum atomic E-state index is -2.78. The van der Waals surface area contributed by atoms with Crippen LogP contribution in [0.25, 0.3) is 0 Å². The van der Waals surface area contributed by atoms with Crippen LogP contribution in [0.15, 0.2) is 6.20 Å². The first kappa shape index (κ1) is 23.7. The molecular formula is C25H36F2N4O3.